The number of alkyl halides is 3. The average molecular weight is 287 g/mol. The minimum Gasteiger partial charge on any atom is -0.372 e. The van der Waals surface area contributed by atoms with Crippen molar-refractivity contribution in [1.29, 1.82) is 0 Å². The van der Waals surface area contributed by atoms with Crippen LogP contribution in [0.5, 0.6) is 0 Å². The predicted molar refractivity (Wildman–Crippen MR) is 71.5 cm³/mol. The van der Waals surface area contributed by atoms with Crippen molar-refractivity contribution >= 4 is 0 Å². The Morgan fingerprint density at radius 2 is 2.05 bits per heavy atom. The summed E-state index contributed by atoms with van der Waals surface area (Å²) < 4.78 is 44.8. The molecular weight excluding hydrogens is 267 g/mol. The van der Waals surface area contributed by atoms with Crippen LogP contribution in [-0.2, 0) is 10.9 Å². The number of rotatable bonds is 2. The Morgan fingerprint density at radius 1 is 1.35 bits per heavy atom. The molecular formula is C15H20F3NO. The highest BCUT2D eigenvalue weighted by atomic mass is 19.4. The van der Waals surface area contributed by atoms with Crippen LogP contribution >= 0.6 is 0 Å². The molecule has 0 saturated carbocycles. The van der Waals surface area contributed by atoms with E-state index in [9.17, 15) is 13.2 Å². The van der Waals surface area contributed by atoms with Crippen LogP contribution in [0.3, 0.4) is 0 Å². The van der Waals surface area contributed by atoms with Gasteiger partial charge in [0.2, 0.25) is 0 Å². The third-order valence-electron chi connectivity index (χ3n) is 4.08. The standard InChI is InChI=1S/C15H20F3NO/c1-3-14(2)8-9-20-13(10-19-14)11-6-4-5-7-12(11)15(16,17)18/h4-7,13,19H,3,8-10H2,1-2H3. The third-order valence-corrected chi connectivity index (χ3v) is 4.08. The zero-order valence-corrected chi connectivity index (χ0v) is 11.8. The van der Waals surface area contributed by atoms with E-state index in [0.717, 1.165) is 18.9 Å². The highest BCUT2D eigenvalue weighted by molar-refractivity contribution is 5.32. The van der Waals surface area contributed by atoms with Crippen molar-refractivity contribution in [3.8, 4) is 0 Å². The Hall–Kier alpha value is -1.07. The molecule has 2 nitrogen and oxygen atoms in total. The van der Waals surface area contributed by atoms with Crippen molar-refractivity contribution < 1.29 is 17.9 Å². The summed E-state index contributed by atoms with van der Waals surface area (Å²) in [4.78, 5) is 0. The monoisotopic (exact) mass is 287 g/mol. The van der Waals surface area contributed by atoms with Gasteiger partial charge in [-0.05, 0) is 31.4 Å². The van der Waals surface area contributed by atoms with E-state index >= 15 is 0 Å². The molecule has 20 heavy (non-hydrogen) atoms. The fourth-order valence-electron chi connectivity index (χ4n) is 2.45. The first-order chi connectivity index (χ1) is 9.36. The summed E-state index contributed by atoms with van der Waals surface area (Å²) in [6.45, 7) is 5.01. The van der Waals surface area contributed by atoms with Crippen LogP contribution in [0.4, 0.5) is 13.2 Å². The second-order valence-electron chi connectivity index (χ2n) is 5.49. The van der Waals surface area contributed by atoms with Gasteiger partial charge in [-0.3, -0.25) is 0 Å². The van der Waals surface area contributed by atoms with Gasteiger partial charge in [-0.1, -0.05) is 25.1 Å². The topological polar surface area (TPSA) is 21.3 Å². The Labute approximate surface area is 117 Å². The maximum Gasteiger partial charge on any atom is 0.416 e. The summed E-state index contributed by atoms with van der Waals surface area (Å²) in [6, 6.07) is 5.65. The molecule has 1 aliphatic rings. The van der Waals surface area contributed by atoms with Gasteiger partial charge in [0, 0.05) is 18.7 Å². The Morgan fingerprint density at radius 3 is 2.70 bits per heavy atom. The van der Waals surface area contributed by atoms with E-state index in [-0.39, 0.29) is 11.1 Å². The van der Waals surface area contributed by atoms with Crippen LogP contribution in [-0.4, -0.2) is 18.7 Å². The van der Waals surface area contributed by atoms with Crippen molar-refractivity contribution in [2.75, 3.05) is 13.2 Å². The molecule has 1 N–H and O–H groups in total. The highest BCUT2D eigenvalue weighted by Gasteiger charge is 2.36. The Bertz CT molecular complexity index is 461. The van der Waals surface area contributed by atoms with Crippen LogP contribution in [0.15, 0.2) is 24.3 Å². The smallest absolute Gasteiger partial charge is 0.372 e. The first-order valence-electron chi connectivity index (χ1n) is 6.88. The average Bonchev–Trinajstić information content (AvgIpc) is 2.61. The second-order valence-corrected chi connectivity index (χ2v) is 5.49. The lowest BCUT2D eigenvalue weighted by molar-refractivity contribution is -0.139. The third kappa shape index (κ3) is 3.33. The molecule has 2 atom stereocenters. The van der Waals surface area contributed by atoms with Gasteiger partial charge in [0.1, 0.15) is 0 Å². The summed E-state index contributed by atoms with van der Waals surface area (Å²) >= 11 is 0. The molecule has 1 heterocycles. The van der Waals surface area contributed by atoms with Crippen LogP contribution < -0.4 is 5.32 Å². The largest absolute Gasteiger partial charge is 0.416 e. The van der Waals surface area contributed by atoms with Gasteiger partial charge in [0.05, 0.1) is 11.7 Å². The summed E-state index contributed by atoms with van der Waals surface area (Å²) in [5.41, 5.74) is -0.457. The lowest BCUT2D eigenvalue weighted by Crippen LogP contribution is -2.42. The quantitative estimate of drug-likeness (QED) is 0.890. The van der Waals surface area contributed by atoms with Gasteiger partial charge in [-0.2, -0.15) is 13.2 Å². The summed E-state index contributed by atoms with van der Waals surface area (Å²) in [6.07, 6.45) is -3.18. The number of hydrogen-bond acceptors (Lipinski definition) is 2. The maximum atomic E-state index is 13.0. The van der Waals surface area contributed by atoms with E-state index in [1.165, 1.54) is 12.1 Å². The van der Waals surface area contributed by atoms with Gasteiger partial charge < -0.3 is 10.1 Å². The Kier molecular flexibility index (Phi) is 4.39. The molecule has 0 aliphatic carbocycles. The van der Waals surface area contributed by atoms with E-state index in [1.54, 1.807) is 6.07 Å². The molecule has 2 unspecified atom stereocenters. The molecule has 1 saturated heterocycles. The molecule has 1 aromatic carbocycles. The zero-order valence-electron chi connectivity index (χ0n) is 11.8. The number of hydrogen-bond donors (Lipinski definition) is 1. The normalized spacial score (nSPS) is 28.1. The molecule has 0 radical (unpaired) electrons. The molecule has 1 aromatic rings. The van der Waals surface area contributed by atoms with E-state index in [4.69, 9.17) is 4.74 Å². The summed E-state index contributed by atoms with van der Waals surface area (Å²) in [5, 5.41) is 3.34. The van der Waals surface area contributed by atoms with Gasteiger partial charge in [-0.25, -0.2) is 0 Å². The van der Waals surface area contributed by atoms with Crippen LogP contribution in [0, 0.1) is 0 Å². The minimum absolute atomic E-state index is 0.0675. The van der Waals surface area contributed by atoms with Crippen molar-refractivity contribution in [1.82, 2.24) is 5.32 Å². The van der Waals surface area contributed by atoms with Crippen LogP contribution in [0.25, 0.3) is 0 Å². The molecule has 112 valence electrons. The van der Waals surface area contributed by atoms with Crippen molar-refractivity contribution in [2.24, 2.45) is 0 Å². The van der Waals surface area contributed by atoms with E-state index in [0.29, 0.717) is 13.2 Å². The fraction of sp³-hybridized carbons (Fsp3) is 0.600. The van der Waals surface area contributed by atoms with Gasteiger partial charge >= 0.3 is 6.18 Å². The number of nitrogens with one attached hydrogen (secondary N) is 1. The molecule has 5 heteroatoms. The zero-order chi connectivity index (χ0) is 14.8. The van der Waals surface area contributed by atoms with Crippen LogP contribution in [0.1, 0.15) is 43.9 Å². The van der Waals surface area contributed by atoms with Crippen molar-refractivity contribution in [3.63, 3.8) is 0 Å². The lowest BCUT2D eigenvalue weighted by atomic mass is 9.95. The van der Waals surface area contributed by atoms with Gasteiger partial charge in [0.15, 0.2) is 0 Å². The van der Waals surface area contributed by atoms with E-state index in [1.807, 2.05) is 0 Å². The minimum atomic E-state index is -4.35. The van der Waals surface area contributed by atoms with Crippen LogP contribution in [0.2, 0.25) is 0 Å². The number of benzene rings is 1. The molecule has 1 aliphatic heterocycles. The molecule has 0 aromatic heterocycles. The maximum absolute atomic E-state index is 13.0. The van der Waals surface area contributed by atoms with Crippen molar-refractivity contribution in [2.45, 2.75) is 44.5 Å². The molecule has 2 rings (SSSR count). The number of ether oxygens (including phenoxy) is 1. The van der Waals surface area contributed by atoms with Gasteiger partial charge in [0.25, 0.3) is 0 Å². The number of halogens is 3. The lowest BCUT2D eigenvalue weighted by Gasteiger charge is -2.27. The molecule has 1 fully saturated rings. The predicted octanol–water partition coefficient (Wildman–Crippen LogP) is 3.93. The second kappa shape index (κ2) is 5.74. The summed E-state index contributed by atoms with van der Waals surface area (Å²) in [5.74, 6) is 0. The highest BCUT2D eigenvalue weighted by Crippen LogP contribution is 2.36. The first-order valence-corrected chi connectivity index (χ1v) is 6.88. The fourth-order valence-corrected chi connectivity index (χ4v) is 2.45. The van der Waals surface area contributed by atoms with Crippen molar-refractivity contribution in [3.05, 3.63) is 35.4 Å². The van der Waals surface area contributed by atoms with E-state index < -0.39 is 17.8 Å². The first kappa shape index (κ1) is 15.3. The molecule has 0 spiro atoms. The molecule has 0 bridgehead atoms. The summed E-state index contributed by atoms with van der Waals surface area (Å²) in [7, 11) is 0. The SMILES string of the molecule is CCC1(C)CCOC(c2ccccc2C(F)(F)F)CN1. The molecule has 0 amide bonds. The Balaban J connectivity index is 2.25. The van der Waals surface area contributed by atoms with E-state index in [2.05, 4.69) is 19.2 Å². The van der Waals surface area contributed by atoms with Gasteiger partial charge in [-0.15, -0.1) is 0 Å².